The van der Waals surface area contributed by atoms with Gasteiger partial charge in [-0.05, 0) is 12.5 Å². The standard InChI is InChI=1S/C14H14N2O.ClH/c1-2-7-17-14-8-11-10-5-3-4-6-12(10)16-13(11)9-15-14;/h3-6,8-9,16H,2,7H2,1H3;1H. The number of H-pyrrole nitrogens is 1. The first kappa shape index (κ1) is 12.7. The van der Waals surface area contributed by atoms with Crippen molar-refractivity contribution in [2.75, 3.05) is 6.61 Å². The van der Waals surface area contributed by atoms with Gasteiger partial charge in [-0.15, -0.1) is 12.4 Å². The Hall–Kier alpha value is -1.74. The molecule has 4 heteroatoms. The summed E-state index contributed by atoms with van der Waals surface area (Å²) in [6.45, 7) is 2.80. The summed E-state index contributed by atoms with van der Waals surface area (Å²) in [4.78, 5) is 7.63. The van der Waals surface area contributed by atoms with Gasteiger partial charge in [0.25, 0.3) is 0 Å². The molecular weight excluding hydrogens is 248 g/mol. The number of aromatic nitrogens is 2. The molecule has 0 fully saturated rings. The molecule has 0 atom stereocenters. The molecule has 0 amide bonds. The lowest BCUT2D eigenvalue weighted by molar-refractivity contribution is 0.306. The van der Waals surface area contributed by atoms with E-state index in [2.05, 4.69) is 29.0 Å². The van der Waals surface area contributed by atoms with E-state index < -0.39 is 0 Å². The van der Waals surface area contributed by atoms with Crippen molar-refractivity contribution in [2.45, 2.75) is 13.3 Å². The van der Waals surface area contributed by atoms with Crippen LogP contribution in [0.4, 0.5) is 0 Å². The van der Waals surface area contributed by atoms with Gasteiger partial charge in [0.15, 0.2) is 0 Å². The number of hydrogen-bond acceptors (Lipinski definition) is 2. The lowest BCUT2D eigenvalue weighted by Gasteiger charge is -2.02. The zero-order valence-corrected chi connectivity index (χ0v) is 11.0. The molecule has 3 rings (SSSR count). The van der Waals surface area contributed by atoms with Crippen LogP contribution in [0.2, 0.25) is 0 Å². The molecule has 18 heavy (non-hydrogen) atoms. The second-order valence-electron chi connectivity index (χ2n) is 4.09. The lowest BCUT2D eigenvalue weighted by Crippen LogP contribution is -1.96. The summed E-state index contributed by atoms with van der Waals surface area (Å²) in [5.41, 5.74) is 2.19. The first-order chi connectivity index (χ1) is 8.38. The van der Waals surface area contributed by atoms with E-state index in [0.717, 1.165) is 17.5 Å². The SMILES string of the molecule is CCCOc1cc2c(cn1)[nH]c1ccccc12.Cl. The summed E-state index contributed by atoms with van der Waals surface area (Å²) >= 11 is 0. The number of halogens is 1. The molecule has 0 unspecified atom stereocenters. The number of nitrogens with one attached hydrogen (secondary N) is 1. The third-order valence-corrected chi connectivity index (χ3v) is 2.82. The van der Waals surface area contributed by atoms with E-state index in [1.165, 1.54) is 10.8 Å². The zero-order valence-electron chi connectivity index (χ0n) is 10.1. The number of aromatic amines is 1. The summed E-state index contributed by atoms with van der Waals surface area (Å²) < 4.78 is 5.56. The fourth-order valence-electron chi connectivity index (χ4n) is 2.02. The first-order valence-corrected chi connectivity index (χ1v) is 5.88. The van der Waals surface area contributed by atoms with Gasteiger partial charge in [-0.2, -0.15) is 0 Å². The van der Waals surface area contributed by atoms with Crippen LogP contribution in [0.1, 0.15) is 13.3 Å². The normalized spacial score (nSPS) is 10.5. The summed E-state index contributed by atoms with van der Waals surface area (Å²) in [5.74, 6) is 0.698. The highest BCUT2D eigenvalue weighted by molar-refractivity contribution is 6.07. The minimum atomic E-state index is 0. The molecule has 0 aliphatic heterocycles. The third kappa shape index (κ3) is 2.14. The monoisotopic (exact) mass is 262 g/mol. The average molecular weight is 263 g/mol. The highest BCUT2D eigenvalue weighted by Gasteiger charge is 2.05. The zero-order chi connectivity index (χ0) is 11.7. The Labute approximate surface area is 112 Å². The van der Waals surface area contributed by atoms with Crippen LogP contribution in [-0.4, -0.2) is 16.6 Å². The smallest absolute Gasteiger partial charge is 0.213 e. The minimum Gasteiger partial charge on any atom is -0.478 e. The van der Waals surface area contributed by atoms with Crippen LogP contribution in [0, 0.1) is 0 Å². The Balaban J connectivity index is 0.00000120. The van der Waals surface area contributed by atoms with Crippen LogP contribution < -0.4 is 4.74 Å². The van der Waals surface area contributed by atoms with Crippen molar-refractivity contribution in [3.05, 3.63) is 36.5 Å². The highest BCUT2D eigenvalue weighted by atomic mass is 35.5. The average Bonchev–Trinajstić information content (AvgIpc) is 2.74. The number of para-hydroxylation sites is 1. The number of rotatable bonds is 3. The molecule has 2 aromatic heterocycles. The van der Waals surface area contributed by atoms with Crippen LogP contribution >= 0.6 is 12.4 Å². The van der Waals surface area contributed by atoms with Crippen molar-refractivity contribution >= 4 is 34.2 Å². The predicted molar refractivity (Wildman–Crippen MR) is 76.6 cm³/mol. The van der Waals surface area contributed by atoms with Gasteiger partial charge in [0.1, 0.15) is 0 Å². The van der Waals surface area contributed by atoms with Gasteiger partial charge in [-0.1, -0.05) is 25.1 Å². The van der Waals surface area contributed by atoms with Crippen LogP contribution in [0.25, 0.3) is 21.8 Å². The van der Waals surface area contributed by atoms with Gasteiger partial charge in [-0.3, -0.25) is 0 Å². The van der Waals surface area contributed by atoms with Crippen LogP contribution in [0.3, 0.4) is 0 Å². The molecule has 3 nitrogen and oxygen atoms in total. The predicted octanol–water partition coefficient (Wildman–Crippen LogP) is 3.93. The van der Waals surface area contributed by atoms with E-state index in [4.69, 9.17) is 4.74 Å². The number of hydrogen-bond donors (Lipinski definition) is 1. The Kier molecular flexibility index (Phi) is 3.72. The Bertz CT molecular complexity index is 663. The van der Waals surface area contributed by atoms with Crippen LogP contribution in [0.5, 0.6) is 5.88 Å². The fourth-order valence-corrected chi connectivity index (χ4v) is 2.02. The van der Waals surface area contributed by atoms with Crippen molar-refractivity contribution in [1.82, 2.24) is 9.97 Å². The first-order valence-electron chi connectivity index (χ1n) is 5.88. The second kappa shape index (κ2) is 5.27. The molecular formula is C14H15ClN2O. The van der Waals surface area contributed by atoms with Crippen molar-refractivity contribution in [3.8, 4) is 5.88 Å². The minimum absolute atomic E-state index is 0. The van der Waals surface area contributed by atoms with Gasteiger partial charge in [0, 0.05) is 22.4 Å². The molecule has 0 bridgehead atoms. The van der Waals surface area contributed by atoms with E-state index in [-0.39, 0.29) is 12.4 Å². The maximum atomic E-state index is 5.56. The Morgan fingerprint density at radius 2 is 2.00 bits per heavy atom. The van der Waals surface area contributed by atoms with E-state index in [1.807, 2.05) is 24.4 Å². The molecule has 1 aromatic carbocycles. The molecule has 0 radical (unpaired) electrons. The number of pyridine rings is 1. The van der Waals surface area contributed by atoms with Gasteiger partial charge < -0.3 is 9.72 Å². The summed E-state index contributed by atoms with van der Waals surface area (Å²) in [5, 5.41) is 2.38. The van der Waals surface area contributed by atoms with E-state index in [9.17, 15) is 0 Å². The van der Waals surface area contributed by atoms with Crippen molar-refractivity contribution < 1.29 is 4.74 Å². The molecule has 94 valence electrons. The van der Waals surface area contributed by atoms with E-state index >= 15 is 0 Å². The molecule has 0 saturated heterocycles. The molecule has 2 heterocycles. The van der Waals surface area contributed by atoms with Crippen molar-refractivity contribution in [3.63, 3.8) is 0 Å². The van der Waals surface area contributed by atoms with Crippen LogP contribution in [-0.2, 0) is 0 Å². The maximum Gasteiger partial charge on any atom is 0.213 e. The largest absolute Gasteiger partial charge is 0.478 e. The molecule has 0 spiro atoms. The van der Waals surface area contributed by atoms with Gasteiger partial charge in [0.05, 0.1) is 18.3 Å². The summed E-state index contributed by atoms with van der Waals surface area (Å²) in [6.07, 6.45) is 2.83. The molecule has 3 aromatic rings. The van der Waals surface area contributed by atoms with Crippen LogP contribution in [0.15, 0.2) is 36.5 Å². The van der Waals surface area contributed by atoms with Gasteiger partial charge in [-0.25, -0.2) is 4.98 Å². The Morgan fingerprint density at radius 3 is 2.83 bits per heavy atom. The van der Waals surface area contributed by atoms with Gasteiger partial charge >= 0.3 is 0 Å². The maximum absolute atomic E-state index is 5.56. The third-order valence-electron chi connectivity index (χ3n) is 2.82. The van der Waals surface area contributed by atoms with E-state index in [0.29, 0.717) is 12.5 Å². The summed E-state index contributed by atoms with van der Waals surface area (Å²) in [7, 11) is 0. The van der Waals surface area contributed by atoms with Crippen molar-refractivity contribution in [1.29, 1.82) is 0 Å². The number of ether oxygens (including phenoxy) is 1. The van der Waals surface area contributed by atoms with E-state index in [1.54, 1.807) is 0 Å². The number of nitrogens with zero attached hydrogens (tertiary/aromatic N) is 1. The molecule has 0 saturated carbocycles. The highest BCUT2D eigenvalue weighted by Crippen LogP contribution is 2.26. The molecule has 0 aliphatic carbocycles. The fraction of sp³-hybridized carbons (Fsp3) is 0.214. The second-order valence-corrected chi connectivity index (χ2v) is 4.09. The quantitative estimate of drug-likeness (QED) is 0.777. The summed E-state index contributed by atoms with van der Waals surface area (Å²) in [6, 6.07) is 10.3. The number of benzene rings is 1. The van der Waals surface area contributed by atoms with Gasteiger partial charge in [0.2, 0.25) is 5.88 Å². The molecule has 1 N–H and O–H groups in total. The number of fused-ring (bicyclic) bond motifs is 3. The molecule has 0 aliphatic rings. The lowest BCUT2D eigenvalue weighted by atomic mass is 10.2. The topological polar surface area (TPSA) is 37.9 Å². The Morgan fingerprint density at radius 1 is 1.17 bits per heavy atom. The van der Waals surface area contributed by atoms with Crippen molar-refractivity contribution in [2.24, 2.45) is 0 Å².